The van der Waals surface area contributed by atoms with Crippen molar-refractivity contribution in [3.63, 3.8) is 0 Å². The molecule has 2 aromatic rings. The van der Waals surface area contributed by atoms with Gasteiger partial charge in [0.25, 0.3) is 5.91 Å². The van der Waals surface area contributed by atoms with Crippen molar-refractivity contribution in [2.45, 2.75) is 37.5 Å². The lowest BCUT2D eigenvalue weighted by molar-refractivity contribution is 0.102. The van der Waals surface area contributed by atoms with Crippen LogP contribution >= 0.6 is 0 Å². The maximum Gasteiger partial charge on any atom is 0.255 e. The Balaban J connectivity index is 2.50. The molecule has 2 rings (SSSR count). The van der Waals surface area contributed by atoms with E-state index >= 15 is 0 Å². The Hall–Kier alpha value is -2.34. The first-order chi connectivity index (χ1) is 14.8. The maximum absolute atomic E-state index is 14.4. The van der Waals surface area contributed by atoms with Gasteiger partial charge in [-0.05, 0) is 55.3 Å². The number of amides is 1. The number of nitrogens with one attached hydrogen (secondary N) is 1. The van der Waals surface area contributed by atoms with Crippen molar-refractivity contribution in [1.82, 2.24) is 8.61 Å². The summed E-state index contributed by atoms with van der Waals surface area (Å²) in [5.74, 6) is -1.65. The number of hydrogen-bond acceptors (Lipinski definition) is 5. The minimum absolute atomic E-state index is 0.00445. The number of nitrogens with zero attached hydrogens (tertiary/aromatic N) is 2. The second-order valence-electron chi connectivity index (χ2n) is 7.39. The number of halogens is 1. The van der Waals surface area contributed by atoms with E-state index in [9.17, 15) is 26.0 Å². The summed E-state index contributed by atoms with van der Waals surface area (Å²) in [6.45, 7) is 7.01. The van der Waals surface area contributed by atoms with Gasteiger partial charge in [0.15, 0.2) is 0 Å². The molecule has 0 spiro atoms. The summed E-state index contributed by atoms with van der Waals surface area (Å²) >= 11 is 0. The lowest BCUT2D eigenvalue weighted by atomic mass is 10.1. The van der Waals surface area contributed by atoms with E-state index in [1.807, 2.05) is 0 Å². The SMILES string of the molecule is CCN(CC)S(=O)(=O)c1cc(C(=O)Nc2cc(S(=O)(=O)N(C)C)cc(C)c2C)ccc1F. The minimum atomic E-state index is -4.12. The molecule has 8 nitrogen and oxygen atoms in total. The molecular formula is C21H28FN3O5S2. The van der Waals surface area contributed by atoms with Gasteiger partial charge in [-0.1, -0.05) is 13.8 Å². The molecule has 32 heavy (non-hydrogen) atoms. The zero-order chi connectivity index (χ0) is 24.4. The molecule has 0 bridgehead atoms. The van der Waals surface area contributed by atoms with Crippen LogP contribution in [0.5, 0.6) is 0 Å². The molecule has 1 N–H and O–H groups in total. The lowest BCUT2D eigenvalue weighted by Crippen LogP contribution is -2.31. The van der Waals surface area contributed by atoms with E-state index < -0.39 is 36.7 Å². The van der Waals surface area contributed by atoms with Crippen molar-refractivity contribution in [1.29, 1.82) is 0 Å². The molecule has 0 aliphatic heterocycles. The number of carbonyl (C=O) groups is 1. The molecule has 0 atom stereocenters. The molecule has 176 valence electrons. The highest BCUT2D eigenvalue weighted by Crippen LogP contribution is 2.27. The second-order valence-corrected chi connectivity index (χ2v) is 11.4. The van der Waals surface area contributed by atoms with Gasteiger partial charge < -0.3 is 5.32 Å². The zero-order valence-corrected chi connectivity index (χ0v) is 20.6. The summed E-state index contributed by atoms with van der Waals surface area (Å²) in [7, 11) is -5.05. The van der Waals surface area contributed by atoms with Crippen molar-refractivity contribution < 1.29 is 26.0 Å². The second kappa shape index (κ2) is 9.65. The van der Waals surface area contributed by atoms with Gasteiger partial charge in [0.1, 0.15) is 10.7 Å². The van der Waals surface area contributed by atoms with Crippen LogP contribution in [0, 0.1) is 19.7 Å². The normalized spacial score (nSPS) is 12.4. The molecule has 2 aromatic carbocycles. The van der Waals surface area contributed by atoms with E-state index in [2.05, 4.69) is 5.32 Å². The Kier molecular flexibility index (Phi) is 7.82. The van der Waals surface area contributed by atoms with Crippen LogP contribution in [0.15, 0.2) is 40.1 Å². The maximum atomic E-state index is 14.4. The van der Waals surface area contributed by atoms with Gasteiger partial charge in [0, 0.05) is 38.4 Å². The predicted octanol–water partition coefficient (Wildman–Crippen LogP) is 2.98. The molecule has 0 aromatic heterocycles. The van der Waals surface area contributed by atoms with Crippen LogP contribution in [0.1, 0.15) is 35.3 Å². The predicted molar refractivity (Wildman–Crippen MR) is 121 cm³/mol. The Morgan fingerprint density at radius 1 is 0.969 bits per heavy atom. The number of sulfonamides is 2. The molecule has 0 fully saturated rings. The van der Waals surface area contributed by atoms with Gasteiger partial charge in [0.2, 0.25) is 20.0 Å². The number of benzene rings is 2. The number of aryl methyl sites for hydroxylation is 1. The number of rotatable bonds is 8. The average Bonchev–Trinajstić information content (AvgIpc) is 2.71. The van der Waals surface area contributed by atoms with Gasteiger partial charge in [0.05, 0.1) is 4.90 Å². The Morgan fingerprint density at radius 3 is 2.09 bits per heavy atom. The van der Waals surface area contributed by atoms with Crippen molar-refractivity contribution in [2.24, 2.45) is 0 Å². The topological polar surface area (TPSA) is 104 Å². The van der Waals surface area contributed by atoms with Crippen LogP contribution in [0.2, 0.25) is 0 Å². The van der Waals surface area contributed by atoms with E-state index in [1.54, 1.807) is 27.7 Å². The lowest BCUT2D eigenvalue weighted by Gasteiger charge is -2.19. The quantitative estimate of drug-likeness (QED) is 0.619. The van der Waals surface area contributed by atoms with Crippen LogP contribution in [0.4, 0.5) is 10.1 Å². The zero-order valence-electron chi connectivity index (χ0n) is 18.9. The molecule has 0 saturated carbocycles. The van der Waals surface area contributed by atoms with Crippen LogP contribution in [-0.2, 0) is 20.0 Å². The molecule has 0 saturated heterocycles. The molecule has 11 heteroatoms. The summed E-state index contributed by atoms with van der Waals surface area (Å²) in [6.07, 6.45) is 0. The smallest absolute Gasteiger partial charge is 0.255 e. The first-order valence-electron chi connectivity index (χ1n) is 9.92. The van der Waals surface area contributed by atoms with E-state index in [1.165, 1.54) is 32.3 Å². The summed E-state index contributed by atoms with van der Waals surface area (Å²) in [5, 5.41) is 2.62. The van der Waals surface area contributed by atoms with Gasteiger partial charge in [-0.15, -0.1) is 0 Å². The summed E-state index contributed by atoms with van der Waals surface area (Å²) < 4.78 is 67.0. The molecule has 1 amide bonds. The number of hydrogen-bond donors (Lipinski definition) is 1. The van der Waals surface area contributed by atoms with E-state index in [0.29, 0.717) is 11.1 Å². The molecule has 0 aliphatic rings. The summed E-state index contributed by atoms with van der Waals surface area (Å²) in [5.41, 5.74) is 1.48. The third-order valence-corrected chi connectivity index (χ3v) is 9.04. The molecule has 0 heterocycles. The van der Waals surface area contributed by atoms with Crippen LogP contribution in [0.25, 0.3) is 0 Å². The van der Waals surface area contributed by atoms with Crippen molar-refractivity contribution in [3.05, 3.63) is 52.8 Å². The number of carbonyl (C=O) groups excluding carboxylic acids is 1. The first kappa shape index (κ1) is 25.9. The molecule has 0 radical (unpaired) electrons. The van der Waals surface area contributed by atoms with Gasteiger partial charge >= 0.3 is 0 Å². The van der Waals surface area contributed by atoms with E-state index in [-0.39, 0.29) is 29.2 Å². The average molecular weight is 486 g/mol. The van der Waals surface area contributed by atoms with Gasteiger partial charge in [-0.3, -0.25) is 4.79 Å². The standard InChI is InChI=1S/C21H28FN3O5S2/c1-7-25(8-2)32(29,30)20-12-16(9-10-18(20)22)21(26)23-19-13-17(11-14(3)15(19)4)31(27,28)24(5)6/h9-13H,7-8H2,1-6H3,(H,23,26). The number of anilines is 1. The fraction of sp³-hybridized carbons (Fsp3) is 0.381. The molecular weight excluding hydrogens is 457 g/mol. The van der Waals surface area contributed by atoms with E-state index in [4.69, 9.17) is 0 Å². The Labute approximate surface area is 189 Å². The van der Waals surface area contributed by atoms with Crippen molar-refractivity contribution in [2.75, 3.05) is 32.5 Å². The van der Waals surface area contributed by atoms with E-state index in [0.717, 1.165) is 20.7 Å². The van der Waals surface area contributed by atoms with Crippen molar-refractivity contribution in [3.8, 4) is 0 Å². The highest BCUT2D eigenvalue weighted by atomic mass is 32.2. The summed E-state index contributed by atoms with van der Waals surface area (Å²) in [4.78, 5) is 12.3. The van der Waals surface area contributed by atoms with Gasteiger partial charge in [-0.2, -0.15) is 4.31 Å². The fourth-order valence-electron chi connectivity index (χ4n) is 3.06. The third-order valence-electron chi connectivity index (χ3n) is 5.18. The third kappa shape index (κ3) is 5.01. The minimum Gasteiger partial charge on any atom is -0.322 e. The van der Waals surface area contributed by atoms with Crippen LogP contribution < -0.4 is 5.32 Å². The Bertz CT molecular complexity index is 1240. The first-order valence-corrected chi connectivity index (χ1v) is 12.8. The van der Waals surface area contributed by atoms with Crippen LogP contribution in [0.3, 0.4) is 0 Å². The molecule has 0 aliphatic carbocycles. The largest absolute Gasteiger partial charge is 0.322 e. The highest BCUT2D eigenvalue weighted by Gasteiger charge is 2.27. The molecule has 0 unspecified atom stereocenters. The highest BCUT2D eigenvalue weighted by molar-refractivity contribution is 7.89. The fourth-order valence-corrected chi connectivity index (χ4v) is 5.62. The monoisotopic (exact) mass is 485 g/mol. The van der Waals surface area contributed by atoms with Crippen molar-refractivity contribution >= 4 is 31.6 Å². The van der Waals surface area contributed by atoms with Gasteiger partial charge in [-0.25, -0.2) is 25.5 Å². The Morgan fingerprint density at radius 2 is 1.56 bits per heavy atom. The summed E-state index contributed by atoms with van der Waals surface area (Å²) in [6, 6.07) is 5.94. The van der Waals surface area contributed by atoms with Crippen LogP contribution in [-0.4, -0.2) is 58.5 Å².